The molecule has 1 aliphatic heterocycles. The summed E-state index contributed by atoms with van der Waals surface area (Å²) in [7, 11) is 0. The maximum Gasteiger partial charge on any atom is 0.0981 e. The molecule has 80 valence electrons. The van der Waals surface area contributed by atoms with Gasteiger partial charge < -0.3 is 0 Å². The van der Waals surface area contributed by atoms with Crippen LogP contribution in [0.25, 0.3) is 0 Å². The number of aliphatic imine (C=N–C) groups is 1. The maximum absolute atomic E-state index is 4.78. The maximum atomic E-state index is 4.78. The van der Waals surface area contributed by atoms with Crippen molar-refractivity contribution in [1.29, 1.82) is 0 Å². The van der Waals surface area contributed by atoms with Crippen LogP contribution in [0, 0.1) is 0 Å². The van der Waals surface area contributed by atoms with Gasteiger partial charge in [-0.05, 0) is 6.42 Å². The molecule has 0 aliphatic carbocycles. The van der Waals surface area contributed by atoms with Crippen molar-refractivity contribution in [2.75, 3.05) is 5.75 Å². The van der Waals surface area contributed by atoms with E-state index in [0.29, 0.717) is 10.9 Å². The molecular weight excluding hydrogens is 270 g/mol. The van der Waals surface area contributed by atoms with Crippen LogP contribution in [-0.2, 0) is 0 Å². The highest BCUT2D eigenvalue weighted by Gasteiger charge is 2.23. The number of rotatable bonds is 2. The minimum Gasteiger partial charge on any atom is -0.273 e. The topological polar surface area (TPSA) is 12.4 Å². The smallest absolute Gasteiger partial charge is 0.0981 e. The van der Waals surface area contributed by atoms with Gasteiger partial charge in [-0.25, -0.2) is 0 Å². The Kier molecular flexibility index (Phi) is 3.87. The number of nitrogens with zero attached hydrogens (tertiary/aromatic N) is 1. The molecule has 0 fully saturated rings. The summed E-state index contributed by atoms with van der Waals surface area (Å²) in [5, 5.41) is 1.19. The van der Waals surface area contributed by atoms with Gasteiger partial charge in [-0.3, -0.25) is 4.99 Å². The molecule has 0 saturated heterocycles. The van der Waals surface area contributed by atoms with Crippen molar-refractivity contribution in [2.24, 2.45) is 4.99 Å². The molecule has 15 heavy (non-hydrogen) atoms. The minimum absolute atomic E-state index is 0.432. The summed E-state index contributed by atoms with van der Waals surface area (Å²) in [5.74, 6) is 1.12. The molecule has 0 radical (unpaired) electrons. The molecule has 0 spiro atoms. The normalized spacial score (nSPS) is 26.1. The Bertz CT molecular complexity index is 350. The fourth-order valence-electron chi connectivity index (χ4n) is 1.62. The Morgan fingerprint density at radius 1 is 1.40 bits per heavy atom. The molecule has 1 nitrogen and oxygen atoms in total. The first-order chi connectivity index (χ1) is 7.31. The zero-order chi connectivity index (χ0) is 10.7. The van der Waals surface area contributed by atoms with Gasteiger partial charge in [0.15, 0.2) is 0 Å². The Balaban J connectivity index is 2.24. The first-order valence-electron chi connectivity index (χ1n) is 5.21. The van der Waals surface area contributed by atoms with Crippen molar-refractivity contribution in [3.05, 3.63) is 35.9 Å². The van der Waals surface area contributed by atoms with E-state index < -0.39 is 0 Å². The van der Waals surface area contributed by atoms with Crippen LogP contribution in [0.5, 0.6) is 0 Å². The molecule has 0 saturated carbocycles. The highest BCUT2D eigenvalue weighted by atomic mass is 79.9. The second-order valence-corrected chi connectivity index (χ2v) is 5.79. The minimum atomic E-state index is 0.432. The van der Waals surface area contributed by atoms with Crippen LogP contribution >= 0.6 is 27.7 Å². The lowest BCUT2D eigenvalue weighted by Crippen LogP contribution is -2.26. The van der Waals surface area contributed by atoms with Crippen molar-refractivity contribution in [2.45, 2.75) is 24.2 Å². The molecule has 1 aromatic carbocycles. The molecule has 0 bridgehead atoms. The zero-order valence-corrected chi connectivity index (χ0v) is 11.1. The summed E-state index contributed by atoms with van der Waals surface area (Å²) in [5.41, 5.74) is 1.25. The standard InChI is InChI=1S/C12H14BrNS/c1-2-11-10(13)8-15-12(14-11)9-6-4-3-5-7-9/h3-7,10-11H,2,8H2,1H3/t10-,11+/m1/s1. The van der Waals surface area contributed by atoms with Crippen LogP contribution in [0.2, 0.25) is 0 Å². The third-order valence-electron chi connectivity index (χ3n) is 2.52. The summed E-state index contributed by atoms with van der Waals surface area (Å²) in [6.07, 6.45) is 1.10. The summed E-state index contributed by atoms with van der Waals surface area (Å²) in [4.78, 5) is 5.31. The van der Waals surface area contributed by atoms with Gasteiger partial charge in [0.25, 0.3) is 0 Å². The number of alkyl halides is 1. The van der Waals surface area contributed by atoms with Gasteiger partial charge in [0.2, 0.25) is 0 Å². The molecule has 2 atom stereocenters. The van der Waals surface area contributed by atoms with E-state index in [4.69, 9.17) is 4.99 Å². The van der Waals surface area contributed by atoms with Crippen LogP contribution in [-0.4, -0.2) is 21.7 Å². The highest BCUT2D eigenvalue weighted by Crippen LogP contribution is 2.28. The van der Waals surface area contributed by atoms with Crippen molar-refractivity contribution in [1.82, 2.24) is 0 Å². The fourth-order valence-corrected chi connectivity index (χ4v) is 3.56. The molecule has 0 N–H and O–H groups in total. The van der Waals surface area contributed by atoms with Gasteiger partial charge in [0.05, 0.1) is 11.1 Å². The third-order valence-corrected chi connectivity index (χ3v) is 5.02. The van der Waals surface area contributed by atoms with Gasteiger partial charge >= 0.3 is 0 Å². The molecule has 0 amide bonds. The number of hydrogen-bond acceptors (Lipinski definition) is 2. The lowest BCUT2D eigenvalue weighted by atomic mass is 10.1. The van der Waals surface area contributed by atoms with Gasteiger partial charge in [-0.1, -0.05) is 53.2 Å². The van der Waals surface area contributed by atoms with Crippen molar-refractivity contribution in [3.63, 3.8) is 0 Å². The van der Waals surface area contributed by atoms with Gasteiger partial charge in [0, 0.05) is 16.1 Å². The Hall–Kier alpha value is -0.280. The lowest BCUT2D eigenvalue weighted by Gasteiger charge is -2.24. The van der Waals surface area contributed by atoms with Crippen molar-refractivity contribution >= 4 is 32.7 Å². The molecule has 1 heterocycles. The second-order valence-electron chi connectivity index (χ2n) is 3.60. The van der Waals surface area contributed by atoms with E-state index in [-0.39, 0.29) is 0 Å². The van der Waals surface area contributed by atoms with Crippen molar-refractivity contribution < 1.29 is 0 Å². The first kappa shape index (κ1) is 11.2. The van der Waals surface area contributed by atoms with E-state index in [2.05, 4.69) is 47.1 Å². The molecule has 1 aliphatic rings. The van der Waals surface area contributed by atoms with Crippen molar-refractivity contribution in [3.8, 4) is 0 Å². The van der Waals surface area contributed by atoms with Crippen LogP contribution in [0.1, 0.15) is 18.9 Å². The van der Waals surface area contributed by atoms with Crippen LogP contribution in [0.15, 0.2) is 35.3 Å². The summed E-state index contributed by atoms with van der Waals surface area (Å²) in [6.45, 7) is 2.20. The van der Waals surface area contributed by atoms with E-state index in [1.54, 1.807) is 0 Å². The summed E-state index contributed by atoms with van der Waals surface area (Å²) < 4.78 is 0. The van der Waals surface area contributed by atoms with Gasteiger partial charge in [-0.2, -0.15) is 0 Å². The molecule has 2 rings (SSSR count). The van der Waals surface area contributed by atoms with E-state index >= 15 is 0 Å². The largest absolute Gasteiger partial charge is 0.273 e. The second kappa shape index (κ2) is 5.17. The zero-order valence-electron chi connectivity index (χ0n) is 8.69. The lowest BCUT2D eigenvalue weighted by molar-refractivity contribution is 0.655. The molecular formula is C12H14BrNS. The predicted octanol–water partition coefficient (Wildman–Crippen LogP) is 3.72. The average molecular weight is 284 g/mol. The first-order valence-corrected chi connectivity index (χ1v) is 7.11. The Morgan fingerprint density at radius 3 is 2.80 bits per heavy atom. The number of halogens is 1. The van der Waals surface area contributed by atoms with Gasteiger partial charge in [0.1, 0.15) is 0 Å². The summed E-state index contributed by atoms with van der Waals surface area (Å²) in [6, 6.07) is 10.9. The number of hydrogen-bond donors (Lipinski definition) is 0. The quantitative estimate of drug-likeness (QED) is 0.754. The van der Waals surface area contributed by atoms with Crippen LogP contribution in [0.3, 0.4) is 0 Å². The van der Waals surface area contributed by atoms with E-state index in [0.717, 1.165) is 12.2 Å². The monoisotopic (exact) mass is 283 g/mol. The SMILES string of the molecule is CC[C@@H]1N=C(c2ccccc2)SC[C@H]1Br. The highest BCUT2D eigenvalue weighted by molar-refractivity contribution is 9.09. The van der Waals surface area contributed by atoms with Crippen LogP contribution in [0.4, 0.5) is 0 Å². The van der Waals surface area contributed by atoms with Gasteiger partial charge in [-0.15, -0.1) is 11.8 Å². The summed E-state index contributed by atoms with van der Waals surface area (Å²) >= 11 is 5.53. The predicted molar refractivity (Wildman–Crippen MR) is 72.2 cm³/mol. The molecule has 0 aromatic heterocycles. The van der Waals surface area contributed by atoms with E-state index in [9.17, 15) is 0 Å². The van der Waals surface area contributed by atoms with E-state index in [1.807, 2.05) is 17.8 Å². The fraction of sp³-hybridized carbons (Fsp3) is 0.417. The molecule has 3 heteroatoms. The third kappa shape index (κ3) is 2.64. The molecule has 0 unspecified atom stereocenters. The van der Waals surface area contributed by atoms with E-state index in [1.165, 1.54) is 10.6 Å². The number of thioether (sulfide) groups is 1. The Labute approximate surface area is 104 Å². The molecule has 1 aromatic rings. The van der Waals surface area contributed by atoms with Crippen LogP contribution < -0.4 is 0 Å². The average Bonchev–Trinajstić information content (AvgIpc) is 2.31. The number of benzene rings is 1. The Morgan fingerprint density at radius 2 is 2.13 bits per heavy atom.